The predicted octanol–water partition coefficient (Wildman–Crippen LogP) is 3.44. The first-order valence-electron chi connectivity index (χ1n) is 5.95. The molecule has 3 nitrogen and oxygen atoms in total. The highest BCUT2D eigenvalue weighted by Gasteiger charge is 2.04. The number of pyridine rings is 1. The second kappa shape index (κ2) is 5.77. The number of nitrogens with two attached hydrogens (primary N) is 1. The second-order valence-electron chi connectivity index (χ2n) is 4.48. The predicted molar refractivity (Wildman–Crippen MR) is 78.8 cm³/mol. The van der Waals surface area contributed by atoms with E-state index in [0.717, 1.165) is 10.8 Å². The van der Waals surface area contributed by atoms with Crippen molar-refractivity contribution in [1.82, 2.24) is 4.98 Å². The van der Waals surface area contributed by atoms with E-state index in [-0.39, 0.29) is 0 Å². The van der Waals surface area contributed by atoms with Crippen LogP contribution in [0.25, 0.3) is 0 Å². The maximum atomic E-state index is 8.90. The summed E-state index contributed by atoms with van der Waals surface area (Å²) in [7, 11) is 0. The fourth-order valence-electron chi connectivity index (χ4n) is 1.93. The molecular formula is C15H15N3S. The van der Waals surface area contributed by atoms with Gasteiger partial charge in [-0.25, -0.2) is 4.98 Å². The molecule has 0 spiro atoms. The zero-order valence-corrected chi connectivity index (χ0v) is 11.8. The molecule has 2 N–H and O–H groups in total. The first-order valence-corrected chi connectivity index (χ1v) is 6.93. The number of thioether (sulfide) groups is 1. The lowest BCUT2D eigenvalue weighted by Gasteiger charge is -2.05. The van der Waals surface area contributed by atoms with Gasteiger partial charge >= 0.3 is 0 Å². The molecule has 0 saturated heterocycles. The molecule has 1 aromatic carbocycles. The minimum Gasteiger partial charge on any atom is -0.396 e. The quantitative estimate of drug-likeness (QED) is 0.867. The van der Waals surface area contributed by atoms with Gasteiger partial charge in [0.15, 0.2) is 5.69 Å². The highest BCUT2D eigenvalue weighted by Crippen LogP contribution is 2.23. The Bertz CT molecular complexity index is 624. The molecule has 1 heterocycles. The molecule has 0 radical (unpaired) electrons. The van der Waals surface area contributed by atoms with E-state index in [2.05, 4.69) is 37.0 Å². The number of nitrogens with zero attached hydrogens (tertiary/aromatic N) is 2. The van der Waals surface area contributed by atoms with Crippen LogP contribution in [0.1, 0.15) is 22.4 Å². The van der Waals surface area contributed by atoms with Gasteiger partial charge in [-0.2, -0.15) is 5.26 Å². The molecule has 0 amide bonds. The third kappa shape index (κ3) is 3.49. The Morgan fingerprint density at radius 2 is 1.89 bits per heavy atom. The van der Waals surface area contributed by atoms with E-state index in [9.17, 15) is 0 Å². The Morgan fingerprint density at radius 1 is 1.21 bits per heavy atom. The molecule has 2 rings (SSSR count). The van der Waals surface area contributed by atoms with Gasteiger partial charge < -0.3 is 5.73 Å². The van der Waals surface area contributed by atoms with Crippen LogP contribution in [0.3, 0.4) is 0 Å². The number of nitriles is 1. The van der Waals surface area contributed by atoms with Crippen LogP contribution in [0.4, 0.5) is 5.69 Å². The topological polar surface area (TPSA) is 62.7 Å². The van der Waals surface area contributed by atoms with Crippen LogP contribution in [0, 0.1) is 25.2 Å². The lowest BCUT2D eigenvalue weighted by atomic mass is 10.1. The number of hydrogen-bond donors (Lipinski definition) is 1. The zero-order valence-electron chi connectivity index (χ0n) is 11.0. The van der Waals surface area contributed by atoms with Crippen molar-refractivity contribution in [3.05, 3.63) is 52.7 Å². The van der Waals surface area contributed by atoms with Crippen molar-refractivity contribution in [3.63, 3.8) is 0 Å². The van der Waals surface area contributed by atoms with Gasteiger partial charge in [0, 0.05) is 5.75 Å². The molecule has 0 aliphatic rings. The van der Waals surface area contributed by atoms with Gasteiger partial charge in [-0.3, -0.25) is 0 Å². The molecule has 0 aliphatic carbocycles. The van der Waals surface area contributed by atoms with Gasteiger partial charge in [0.05, 0.1) is 10.7 Å². The number of hydrogen-bond acceptors (Lipinski definition) is 4. The third-order valence-corrected chi connectivity index (χ3v) is 3.68. The molecule has 1 aromatic heterocycles. The SMILES string of the molecule is Cc1cc(C)cc(CSc2ccc(N)c(C#N)n2)c1. The van der Waals surface area contributed by atoms with Gasteiger partial charge in [0.25, 0.3) is 0 Å². The van der Waals surface area contributed by atoms with Crippen molar-refractivity contribution in [3.8, 4) is 6.07 Å². The number of aromatic nitrogens is 1. The number of aryl methyl sites for hydroxylation is 2. The van der Waals surface area contributed by atoms with Crippen molar-refractivity contribution < 1.29 is 0 Å². The van der Waals surface area contributed by atoms with Gasteiger partial charge in [0.2, 0.25) is 0 Å². The average molecular weight is 269 g/mol. The lowest BCUT2D eigenvalue weighted by Crippen LogP contribution is -1.95. The van der Waals surface area contributed by atoms with E-state index >= 15 is 0 Å². The normalized spacial score (nSPS) is 10.2. The lowest BCUT2D eigenvalue weighted by molar-refractivity contribution is 1.10. The van der Waals surface area contributed by atoms with Crippen LogP contribution >= 0.6 is 11.8 Å². The van der Waals surface area contributed by atoms with Crippen molar-refractivity contribution in [2.24, 2.45) is 0 Å². The molecule has 0 unspecified atom stereocenters. The molecule has 19 heavy (non-hydrogen) atoms. The average Bonchev–Trinajstić information content (AvgIpc) is 2.36. The maximum Gasteiger partial charge on any atom is 0.164 e. The minimum atomic E-state index is 0.297. The van der Waals surface area contributed by atoms with E-state index in [1.54, 1.807) is 17.8 Å². The molecule has 2 aromatic rings. The summed E-state index contributed by atoms with van der Waals surface area (Å²) in [4.78, 5) is 4.23. The Hall–Kier alpha value is -1.99. The van der Waals surface area contributed by atoms with Crippen molar-refractivity contribution >= 4 is 17.4 Å². The summed E-state index contributed by atoms with van der Waals surface area (Å²) in [6.07, 6.45) is 0. The maximum absolute atomic E-state index is 8.90. The van der Waals surface area contributed by atoms with Gasteiger partial charge in [-0.05, 0) is 31.5 Å². The summed E-state index contributed by atoms with van der Waals surface area (Å²) in [5, 5.41) is 9.72. The molecule has 0 fully saturated rings. The van der Waals surface area contributed by atoms with Crippen LogP contribution in [-0.2, 0) is 5.75 Å². The zero-order chi connectivity index (χ0) is 13.8. The molecule has 96 valence electrons. The largest absolute Gasteiger partial charge is 0.396 e. The van der Waals surface area contributed by atoms with Crippen LogP contribution in [0.5, 0.6) is 0 Å². The van der Waals surface area contributed by atoms with E-state index < -0.39 is 0 Å². The fraction of sp³-hybridized carbons (Fsp3) is 0.200. The number of nitrogen functional groups attached to an aromatic ring is 1. The second-order valence-corrected chi connectivity index (χ2v) is 5.48. The highest BCUT2D eigenvalue weighted by atomic mass is 32.2. The van der Waals surface area contributed by atoms with E-state index in [0.29, 0.717) is 11.4 Å². The molecule has 0 atom stereocenters. The van der Waals surface area contributed by atoms with Crippen LogP contribution < -0.4 is 5.73 Å². The van der Waals surface area contributed by atoms with E-state index in [1.807, 2.05) is 12.1 Å². The first-order chi connectivity index (χ1) is 9.08. The smallest absolute Gasteiger partial charge is 0.164 e. The van der Waals surface area contributed by atoms with Crippen molar-refractivity contribution in [2.45, 2.75) is 24.6 Å². The monoisotopic (exact) mass is 269 g/mol. The van der Waals surface area contributed by atoms with Gasteiger partial charge in [0.1, 0.15) is 6.07 Å². The summed E-state index contributed by atoms with van der Waals surface area (Å²) in [6, 6.07) is 12.1. The Kier molecular flexibility index (Phi) is 4.08. The summed E-state index contributed by atoms with van der Waals surface area (Å²) in [5.41, 5.74) is 10.2. The number of anilines is 1. The highest BCUT2D eigenvalue weighted by molar-refractivity contribution is 7.98. The van der Waals surface area contributed by atoms with Gasteiger partial charge in [-0.1, -0.05) is 29.3 Å². The van der Waals surface area contributed by atoms with Crippen molar-refractivity contribution in [1.29, 1.82) is 5.26 Å². The number of benzene rings is 1. The first kappa shape index (κ1) is 13.4. The Labute approximate surface area is 117 Å². The number of rotatable bonds is 3. The summed E-state index contributed by atoms with van der Waals surface area (Å²) >= 11 is 1.61. The molecular weight excluding hydrogens is 254 g/mol. The van der Waals surface area contributed by atoms with Crippen molar-refractivity contribution in [2.75, 3.05) is 5.73 Å². The Balaban J connectivity index is 2.12. The van der Waals surface area contributed by atoms with Crippen LogP contribution in [-0.4, -0.2) is 4.98 Å². The van der Waals surface area contributed by atoms with E-state index in [1.165, 1.54) is 16.7 Å². The standard InChI is InChI=1S/C15H15N3S/c1-10-5-11(2)7-12(6-10)9-19-15-4-3-13(17)14(8-16)18-15/h3-7H,9,17H2,1-2H3. The minimum absolute atomic E-state index is 0.297. The third-order valence-electron chi connectivity index (χ3n) is 2.67. The molecule has 0 bridgehead atoms. The van der Waals surface area contributed by atoms with Crippen LogP contribution in [0.15, 0.2) is 35.4 Å². The van der Waals surface area contributed by atoms with Crippen LogP contribution in [0.2, 0.25) is 0 Å². The van der Waals surface area contributed by atoms with E-state index in [4.69, 9.17) is 11.0 Å². The Morgan fingerprint density at radius 3 is 2.53 bits per heavy atom. The fourth-order valence-corrected chi connectivity index (χ4v) is 2.73. The molecule has 4 heteroatoms. The molecule has 0 aliphatic heterocycles. The summed E-state index contributed by atoms with van der Waals surface area (Å²) < 4.78 is 0. The molecule has 0 saturated carbocycles. The van der Waals surface area contributed by atoms with Gasteiger partial charge in [-0.15, -0.1) is 11.8 Å². The summed E-state index contributed by atoms with van der Waals surface area (Å²) in [5.74, 6) is 0.838. The summed E-state index contributed by atoms with van der Waals surface area (Å²) in [6.45, 7) is 4.19.